The summed E-state index contributed by atoms with van der Waals surface area (Å²) in [5, 5.41) is 0. The lowest BCUT2D eigenvalue weighted by Crippen LogP contribution is -2.41. The molecule has 0 saturated carbocycles. The van der Waals surface area contributed by atoms with Crippen molar-refractivity contribution in [1.82, 2.24) is 4.90 Å². The SMILES string of the molecule is C=CCN(CC1C(C)=CCCC1C)C1CCS(=O)(=O)C1. The first-order valence-electron chi connectivity index (χ1n) is 7.65. The monoisotopic (exact) mass is 297 g/mol. The summed E-state index contributed by atoms with van der Waals surface area (Å²) in [6.45, 7) is 10.1. The molecule has 2 rings (SSSR count). The van der Waals surface area contributed by atoms with Crippen LogP contribution in [0.3, 0.4) is 0 Å². The predicted octanol–water partition coefficient (Wildman–Crippen LogP) is 2.65. The predicted molar refractivity (Wildman–Crippen MR) is 84.5 cm³/mol. The number of sulfone groups is 1. The second-order valence-electron chi connectivity index (χ2n) is 6.41. The molecular weight excluding hydrogens is 270 g/mol. The molecule has 0 aromatic carbocycles. The van der Waals surface area contributed by atoms with Gasteiger partial charge in [-0.3, -0.25) is 4.90 Å². The molecule has 20 heavy (non-hydrogen) atoms. The zero-order chi connectivity index (χ0) is 14.8. The molecular formula is C16H27NO2S. The summed E-state index contributed by atoms with van der Waals surface area (Å²) in [5.41, 5.74) is 1.47. The average molecular weight is 297 g/mol. The fraction of sp³-hybridized carbons (Fsp3) is 0.750. The van der Waals surface area contributed by atoms with Gasteiger partial charge in [0.15, 0.2) is 9.84 Å². The summed E-state index contributed by atoms with van der Waals surface area (Å²) in [4.78, 5) is 2.33. The lowest BCUT2D eigenvalue weighted by Gasteiger charge is -2.36. The van der Waals surface area contributed by atoms with Crippen LogP contribution in [0.4, 0.5) is 0 Å². The molecule has 114 valence electrons. The van der Waals surface area contributed by atoms with E-state index in [1.54, 1.807) is 0 Å². The van der Waals surface area contributed by atoms with E-state index in [1.165, 1.54) is 18.4 Å². The largest absolute Gasteiger partial charge is 0.295 e. The molecule has 1 aliphatic carbocycles. The van der Waals surface area contributed by atoms with Crippen LogP contribution in [-0.2, 0) is 9.84 Å². The Balaban J connectivity index is 2.07. The summed E-state index contributed by atoms with van der Waals surface area (Å²) in [6.07, 6.45) is 7.45. The molecule has 1 fully saturated rings. The van der Waals surface area contributed by atoms with Crippen LogP contribution in [0.1, 0.15) is 33.1 Å². The van der Waals surface area contributed by atoms with Crippen molar-refractivity contribution in [2.75, 3.05) is 24.6 Å². The van der Waals surface area contributed by atoms with E-state index in [4.69, 9.17) is 0 Å². The van der Waals surface area contributed by atoms with Crippen molar-refractivity contribution in [1.29, 1.82) is 0 Å². The fourth-order valence-electron chi connectivity index (χ4n) is 3.55. The van der Waals surface area contributed by atoms with Crippen molar-refractivity contribution in [3.63, 3.8) is 0 Å². The molecule has 1 saturated heterocycles. The zero-order valence-corrected chi connectivity index (χ0v) is 13.5. The number of rotatable bonds is 5. The first-order chi connectivity index (χ1) is 9.43. The first-order valence-corrected chi connectivity index (χ1v) is 9.47. The third-order valence-electron chi connectivity index (χ3n) is 4.88. The number of nitrogens with zero attached hydrogens (tertiary/aromatic N) is 1. The summed E-state index contributed by atoms with van der Waals surface area (Å²) in [7, 11) is -2.82. The minimum Gasteiger partial charge on any atom is -0.295 e. The van der Waals surface area contributed by atoms with Crippen LogP contribution in [0.25, 0.3) is 0 Å². The maximum Gasteiger partial charge on any atom is 0.151 e. The molecule has 4 heteroatoms. The summed E-state index contributed by atoms with van der Waals surface area (Å²) in [6, 6.07) is 0.180. The minimum absolute atomic E-state index is 0.180. The van der Waals surface area contributed by atoms with E-state index in [0.29, 0.717) is 23.3 Å². The van der Waals surface area contributed by atoms with Crippen molar-refractivity contribution in [3.05, 3.63) is 24.3 Å². The lowest BCUT2D eigenvalue weighted by molar-refractivity contribution is 0.179. The second kappa shape index (κ2) is 6.44. The topological polar surface area (TPSA) is 37.4 Å². The van der Waals surface area contributed by atoms with Crippen molar-refractivity contribution in [3.8, 4) is 0 Å². The molecule has 0 radical (unpaired) electrons. The molecule has 2 aliphatic rings. The second-order valence-corrected chi connectivity index (χ2v) is 8.64. The Labute approximate surface area is 123 Å². The smallest absolute Gasteiger partial charge is 0.151 e. The fourth-order valence-corrected chi connectivity index (χ4v) is 5.32. The van der Waals surface area contributed by atoms with E-state index in [9.17, 15) is 8.42 Å². The van der Waals surface area contributed by atoms with Crippen LogP contribution in [0.5, 0.6) is 0 Å². The Hall–Kier alpha value is -0.610. The minimum atomic E-state index is -2.82. The summed E-state index contributed by atoms with van der Waals surface area (Å²) >= 11 is 0. The van der Waals surface area contributed by atoms with Crippen molar-refractivity contribution < 1.29 is 8.42 Å². The van der Waals surface area contributed by atoms with Gasteiger partial charge in [-0.25, -0.2) is 8.42 Å². The van der Waals surface area contributed by atoms with Gasteiger partial charge in [0.05, 0.1) is 11.5 Å². The first kappa shape index (κ1) is 15.8. The highest BCUT2D eigenvalue weighted by molar-refractivity contribution is 7.91. The lowest BCUT2D eigenvalue weighted by atomic mass is 9.79. The molecule has 0 N–H and O–H groups in total. The Morgan fingerprint density at radius 2 is 2.20 bits per heavy atom. The standard InChI is InChI=1S/C16H27NO2S/c1-4-9-17(15-8-10-20(18,19)12-15)11-16-13(2)6-5-7-14(16)3/h4,6,14-16H,1,5,7-12H2,2-3H3. The highest BCUT2D eigenvalue weighted by Crippen LogP contribution is 2.32. The van der Waals surface area contributed by atoms with Gasteiger partial charge in [-0.2, -0.15) is 0 Å². The highest BCUT2D eigenvalue weighted by Gasteiger charge is 2.34. The Morgan fingerprint density at radius 3 is 2.75 bits per heavy atom. The van der Waals surface area contributed by atoms with E-state index in [1.807, 2.05) is 6.08 Å². The molecule has 0 bridgehead atoms. The van der Waals surface area contributed by atoms with Crippen LogP contribution in [0.2, 0.25) is 0 Å². The zero-order valence-electron chi connectivity index (χ0n) is 12.7. The Morgan fingerprint density at radius 1 is 1.45 bits per heavy atom. The van der Waals surface area contributed by atoms with Crippen molar-refractivity contribution >= 4 is 9.84 Å². The van der Waals surface area contributed by atoms with Gasteiger partial charge >= 0.3 is 0 Å². The molecule has 0 spiro atoms. The molecule has 0 aromatic heterocycles. The normalized spacial score (nSPS) is 33.1. The van der Waals surface area contributed by atoms with E-state index in [2.05, 4.69) is 31.4 Å². The van der Waals surface area contributed by atoms with Gasteiger partial charge in [-0.15, -0.1) is 6.58 Å². The van der Waals surface area contributed by atoms with Crippen LogP contribution in [-0.4, -0.2) is 44.0 Å². The number of allylic oxidation sites excluding steroid dienone is 1. The molecule has 1 heterocycles. The van der Waals surface area contributed by atoms with Crippen molar-refractivity contribution in [2.45, 2.75) is 39.2 Å². The number of hydrogen-bond acceptors (Lipinski definition) is 3. The van der Waals surface area contributed by atoms with Crippen LogP contribution in [0, 0.1) is 11.8 Å². The van der Waals surface area contributed by atoms with Crippen LogP contribution in [0.15, 0.2) is 24.3 Å². The van der Waals surface area contributed by atoms with Gasteiger partial charge in [0.2, 0.25) is 0 Å². The van der Waals surface area contributed by atoms with Gasteiger partial charge in [-0.1, -0.05) is 24.6 Å². The van der Waals surface area contributed by atoms with E-state index in [-0.39, 0.29) is 6.04 Å². The molecule has 3 nitrogen and oxygen atoms in total. The third-order valence-corrected chi connectivity index (χ3v) is 6.63. The average Bonchev–Trinajstić information content (AvgIpc) is 2.73. The van der Waals surface area contributed by atoms with Gasteiger partial charge in [0.1, 0.15) is 0 Å². The molecule has 0 aromatic rings. The van der Waals surface area contributed by atoms with E-state index < -0.39 is 9.84 Å². The van der Waals surface area contributed by atoms with Crippen LogP contribution >= 0.6 is 0 Å². The Bertz CT molecular complexity index is 481. The van der Waals surface area contributed by atoms with Gasteiger partial charge < -0.3 is 0 Å². The molecule has 3 atom stereocenters. The quantitative estimate of drug-likeness (QED) is 0.732. The van der Waals surface area contributed by atoms with Gasteiger partial charge in [0, 0.05) is 19.1 Å². The van der Waals surface area contributed by atoms with Gasteiger partial charge in [0.25, 0.3) is 0 Å². The van der Waals surface area contributed by atoms with E-state index in [0.717, 1.165) is 19.5 Å². The van der Waals surface area contributed by atoms with Gasteiger partial charge in [-0.05, 0) is 38.0 Å². The van der Waals surface area contributed by atoms with Crippen LogP contribution < -0.4 is 0 Å². The molecule has 1 aliphatic heterocycles. The van der Waals surface area contributed by atoms with Crippen molar-refractivity contribution in [2.24, 2.45) is 11.8 Å². The maximum atomic E-state index is 11.7. The maximum absolute atomic E-state index is 11.7. The molecule has 0 amide bonds. The Kier molecular flexibility index (Phi) is 5.08. The summed E-state index contributed by atoms with van der Waals surface area (Å²) in [5.74, 6) is 1.92. The van der Waals surface area contributed by atoms with E-state index >= 15 is 0 Å². The third kappa shape index (κ3) is 3.73. The number of hydrogen-bond donors (Lipinski definition) is 0. The highest BCUT2D eigenvalue weighted by atomic mass is 32.2. The molecule has 3 unspecified atom stereocenters. The summed E-state index contributed by atoms with van der Waals surface area (Å²) < 4.78 is 23.4.